The summed E-state index contributed by atoms with van der Waals surface area (Å²) in [5.41, 5.74) is 11.5. The quantitative estimate of drug-likeness (QED) is 0.303. The summed E-state index contributed by atoms with van der Waals surface area (Å²) in [6.45, 7) is -0.277. The number of hydrazone groups is 1. The van der Waals surface area contributed by atoms with Crippen LogP contribution in [0.1, 0.15) is 5.56 Å². The number of carbonyl (C=O) groups is 1. The van der Waals surface area contributed by atoms with Gasteiger partial charge >= 0.3 is 0 Å². The molecule has 0 bridgehead atoms. The third-order valence-electron chi connectivity index (χ3n) is 3.17. The van der Waals surface area contributed by atoms with Gasteiger partial charge in [-0.1, -0.05) is 11.6 Å². The fraction of sp³-hybridized carbons (Fsp3) is 0.118. The molecular formula is C17H18ClFN5O3+. The van der Waals surface area contributed by atoms with Crippen LogP contribution in [0.25, 0.3) is 0 Å². The average Bonchev–Trinajstić information content (AvgIpc) is 2.63. The van der Waals surface area contributed by atoms with Crippen LogP contribution in [0.15, 0.2) is 41.5 Å². The fourth-order valence-electron chi connectivity index (χ4n) is 1.99. The highest BCUT2D eigenvalue weighted by atomic mass is 35.5. The standard InChI is InChI=1S/C17H17ClFN5O3/c1-26-15-6-10(8-22-24-17(20)21)2-5-14(15)27-9-16(25)23-11-3-4-13(19)12(18)7-11/h2-8H,9H2,1H3,(H,23,25)(H4,20,21,24)/p+1/b22-8-. The zero-order chi connectivity index (χ0) is 19.8. The van der Waals surface area contributed by atoms with Gasteiger partial charge in [0.2, 0.25) is 6.21 Å². The summed E-state index contributed by atoms with van der Waals surface area (Å²) < 4.78 is 23.8. The van der Waals surface area contributed by atoms with Crippen LogP contribution in [0.2, 0.25) is 5.02 Å². The molecule has 0 heterocycles. The number of anilines is 1. The molecule has 0 aliphatic carbocycles. The topological polar surface area (TPSA) is 126 Å². The lowest BCUT2D eigenvalue weighted by Gasteiger charge is -2.11. The van der Waals surface area contributed by atoms with Gasteiger partial charge in [-0.25, -0.2) is 4.39 Å². The van der Waals surface area contributed by atoms with Gasteiger partial charge in [0.1, 0.15) is 5.82 Å². The van der Waals surface area contributed by atoms with E-state index in [1.54, 1.807) is 24.4 Å². The van der Waals surface area contributed by atoms with Crippen molar-refractivity contribution >= 4 is 35.4 Å². The number of hydrogen-bond donors (Lipinski definition) is 4. The minimum absolute atomic E-state index is 0.0865. The van der Waals surface area contributed by atoms with Gasteiger partial charge in [-0.3, -0.25) is 4.79 Å². The first-order chi connectivity index (χ1) is 12.9. The number of rotatable bonds is 7. The van der Waals surface area contributed by atoms with Crippen molar-refractivity contribution in [1.29, 1.82) is 0 Å². The van der Waals surface area contributed by atoms with Crippen molar-refractivity contribution in [3.05, 3.63) is 52.8 Å². The maximum atomic E-state index is 13.1. The fourth-order valence-corrected chi connectivity index (χ4v) is 2.17. The molecule has 0 aliphatic rings. The largest absolute Gasteiger partial charge is 0.493 e. The number of nitrogens with zero attached hydrogens (tertiary/aromatic N) is 1. The Balaban J connectivity index is 1.99. The summed E-state index contributed by atoms with van der Waals surface area (Å²) >= 11 is 5.67. The van der Waals surface area contributed by atoms with E-state index in [4.69, 9.17) is 32.5 Å². The maximum absolute atomic E-state index is 13.1. The number of benzene rings is 2. The minimum Gasteiger partial charge on any atom is -0.493 e. The molecule has 0 aliphatic heterocycles. The van der Waals surface area contributed by atoms with Crippen molar-refractivity contribution in [3.8, 4) is 11.5 Å². The first-order valence-corrected chi connectivity index (χ1v) is 8.00. The van der Waals surface area contributed by atoms with Crippen molar-refractivity contribution in [2.75, 3.05) is 19.0 Å². The molecule has 6 N–H and O–H groups in total. The zero-order valence-electron chi connectivity index (χ0n) is 14.3. The van der Waals surface area contributed by atoms with Gasteiger partial charge in [-0.2, -0.15) is 0 Å². The van der Waals surface area contributed by atoms with Crippen LogP contribution in [0.3, 0.4) is 0 Å². The third kappa shape index (κ3) is 6.15. The van der Waals surface area contributed by atoms with E-state index in [2.05, 4.69) is 15.5 Å². The maximum Gasteiger partial charge on any atom is 0.262 e. The van der Waals surface area contributed by atoms with Crippen molar-refractivity contribution in [2.45, 2.75) is 0 Å². The lowest BCUT2D eigenvalue weighted by atomic mass is 10.2. The molecule has 0 unspecified atom stereocenters. The van der Waals surface area contributed by atoms with E-state index in [0.29, 0.717) is 17.2 Å². The average molecular weight is 395 g/mol. The molecule has 2 aromatic carbocycles. The summed E-state index contributed by atoms with van der Waals surface area (Å²) in [5.74, 6) is -0.338. The molecule has 0 fully saturated rings. The number of amides is 1. The van der Waals surface area contributed by atoms with Gasteiger partial charge in [0.15, 0.2) is 18.1 Å². The van der Waals surface area contributed by atoms with E-state index in [-0.39, 0.29) is 17.6 Å². The first-order valence-electron chi connectivity index (χ1n) is 7.62. The van der Waals surface area contributed by atoms with Crippen LogP contribution in [-0.4, -0.2) is 31.8 Å². The highest BCUT2D eigenvalue weighted by Gasteiger charge is 2.10. The van der Waals surface area contributed by atoms with Crippen LogP contribution in [0.5, 0.6) is 11.5 Å². The predicted molar refractivity (Wildman–Crippen MR) is 100 cm³/mol. The molecule has 1 amide bonds. The van der Waals surface area contributed by atoms with Crippen LogP contribution in [0.4, 0.5) is 10.1 Å². The minimum atomic E-state index is -0.568. The Morgan fingerprint density at radius 2 is 2.07 bits per heavy atom. The molecule has 0 spiro atoms. The smallest absolute Gasteiger partial charge is 0.262 e. The normalized spacial score (nSPS) is 10.5. The number of carbonyl (C=O) groups excluding carboxylic acids is 1. The first kappa shape index (κ1) is 20.0. The Kier molecular flexibility index (Phi) is 6.95. The molecule has 0 atom stereocenters. The van der Waals surface area contributed by atoms with Gasteiger partial charge in [0.25, 0.3) is 11.9 Å². The van der Waals surface area contributed by atoms with Crippen LogP contribution >= 0.6 is 11.6 Å². The van der Waals surface area contributed by atoms with E-state index in [1.807, 2.05) is 0 Å². The second-order valence-corrected chi connectivity index (χ2v) is 5.59. The summed E-state index contributed by atoms with van der Waals surface area (Å²) in [6, 6.07) is 8.88. The number of halogens is 2. The number of methoxy groups -OCH3 is 1. The molecule has 0 saturated heterocycles. The molecule has 0 saturated carbocycles. The Morgan fingerprint density at radius 1 is 1.30 bits per heavy atom. The molecule has 2 rings (SSSR count). The van der Waals surface area contributed by atoms with Gasteiger partial charge in [-0.05, 0) is 36.4 Å². The monoisotopic (exact) mass is 394 g/mol. The second-order valence-electron chi connectivity index (χ2n) is 5.19. The van der Waals surface area contributed by atoms with E-state index in [1.165, 1.54) is 19.2 Å². The Bertz CT molecular complexity index is 885. The molecule has 27 heavy (non-hydrogen) atoms. The zero-order valence-corrected chi connectivity index (χ0v) is 15.1. The number of nitrogens with one attached hydrogen (secondary N) is 2. The van der Waals surface area contributed by atoms with E-state index < -0.39 is 11.7 Å². The van der Waals surface area contributed by atoms with Crippen LogP contribution in [0, 0.1) is 5.82 Å². The van der Waals surface area contributed by atoms with Crippen LogP contribution in [-0.2, 0) is 4.79 Å². The molecule has 2 aromatic rings. The number of guanidine groups is 1. The number of hydrogen-bond acceptors (Lipinski definition) is 4. The van der Waals surface area contributed by atoms with E-state index >= 15 is 0 Å². The van der Waals surface area contributed by atoms with Gasteiger partial charge < -0.3 is 26.3 Å². The van der Waals surface area contributed by atoms with Crippen molar-refractivity contribution in [1.82, 2.24) is 0 Å². The van der Waals surface area contributed by atoms with Crippen molar-refractivity contribution < 1.29 is 23.8 Å². The highest BCUT2D eigenvalue weighted by molar-refractivity contribution is 6.31. The SMILES string of the molecule is COc1cc(/C=[NH+]\N=C(N)N)ccc1OCC(=O)Nc1ccc(F)c(Cl)c1. The molecular weight excluding hydrogens is 377 g/mol. The van der Waals surface area contributed by atoms with Gasteiger partial charge in [0.05, 0.1) is 12.1 Å². The Morgan fingerprint density at radius 3 is 2.74 bits per heavy atom. The predicted octanol–water partition coefficient (Wildman–Crippen LogP) is 0.193. The van der Waals surface area contributed by atoms with Gasteiger partial charge in [0, 0.05) is 16.4 Å². The Hall–Kier alpha value is -3.33. The number of nitrogens with two attached hydrogens (primary N) is 2. The third-order valence-corrected chi connectivity index (χ3v) is 3.46. The van der Waals surface area contributed by atoms with E-state index in [9.17, 15) is 9.18 Å². The molecule has 10 heteroatoms. The lowest BCUT2D eigenvalue weighted by Crippen LogP contribution is -2.63. The molecule has 142 valence electrons. The lowest BCUT2D eigenvalue weighted by molar-refractivity contribution is -0.456. The Labute approximate surface area is 159 Å². The molecule has 0 aromatic heterocycles. The van der Waals surface area contributed by atoms with Crippen LogP contribution < -0.4 is 31.4 Å². The number of ether oxygens (including phenoxy) is 2. The highest BCUT2D eigenvalue weighted by Crippen LogP contribution is 2.27. The van der Waals surface area contributed by atoms with E-state index in [0.717, 1.165) is 11.6 Å². The van der Waals surface area contributed by atoms with Crippen molar-refractivity contribution in [3.63, 3.8) is 0 Å². The molecule has 0 radical (unpaired) electrons. The summed E-state index contributed by atoms with van der Waals surface area (Å²) in [4.78, 5) is 12.0. The van der Waals surface area contributed by atoms with Gasteiger partial charge in [-0.15, -0.1) is 5.10 Å². The summed E-state index contributed by atoms with van der Waals surface area (Å²) in [5, 5.41) is 8.66. The summed E-state index contributed by atoms with van der Waals surface area (Å²) in [7, 11) is 1.47. The second kappa shape index (κ2) is 9.39. The summed E-state index contributed by atoms with van der Waals surface area (Å²) in [6.07, 6.45) is 1.55. The van der Waals surface area contributed by atoms with Crippen molar-refractivity contribution in [2.24, 2.45) is 16.6 Å². The molecule has 8 nitrogen and oxygen atoms in total.